The average Bonchev–Trinajstić information content (AvgIpc) is 3.44. The van der Waals surface area contributed by atoms with Gasteiger partial charge in [0, 0.05) is 17.8 Å². The fourth-order valence-corrected chi connectivity index (χ4v) is 3.76. The highest BCUT2D eigenvalue weighted by molar-refractivity contribution is 7.80. The van der Waals surface area contributed by atoms with Crippen LogP contribution in [0.25, 0.3) is 6.08 Å². The van der Waals surface area contributed by atoms with Gasteiger partial charge in [-0.2, -0.15) is 5.10 Å². The summed E-state index contributed by atoms with van der Waals surface area (Å²) in [6.45, 7) is -0.343. The zero-order valence-electron chi connectivity index (χ0n) is 19.1. The van der Waals surface area contributed by atoms with Crippen LogP contribution in [-0.2, 0) is 16.2 Å². The number of carbonyl (C=O) groups excluding carboxylic acids is 2. The number of thiocarbonyl (C=S) groups is 1. The summed E-state index contributed by atoms with van der Waals surface area (Å²) in [5, 5.41) is 9.68. The Labute approximate surface area is 215 Å². The van der Waals surface area contributed by atoms with Crippen LogP contribution in [0.5, 0.6) is 11.5 Å². The monoisotopic (exact) mass is 530 g/mol. The largest absolute Gasteiger partial charge is 0.493 e. The van der Waals surface area contributed by atoms with Crippen LogP contribution >= 0.6 is 23.8 Å². The number of amides is 2. The predicted molar refractivity (Wildman–Crippen MR) is 134 cm³/mol. The molecule has 1 aliphatic rings. The number of likely N-dealkylation sites (N-methyl/N-ethyl adjacent to an activating group) is 1. The number of aromatic nitrogens is 3. The van der Waals surface area contributed by atoms with E-state index in [9.17, 15) is 14.0 Å². The standard InChI is InChI=1S/C23H20ClFN6O4S/c1-30-17(22(33)31(23(30)36)10-20(32)28-15-5-3-14(24)4-6-15)8-13-7-16(25)21(18(9-13)34-2)35-11-19-26-12-27-29-19/h3-9,12H,10-11H2,1-2H3,(H,28,32)(H,26,27,29)/b17-8-. The number of anilines is 1. The summed E-state index contributed by atoms with van der Waals surface area (Å²) < 4.78 is 25.6. The number of methoxy groups -OCH3 is 1. The van der Waals surface area contributed by atoms with Crippen molar-refractivity contribution in [3.8, 4) is 11.5 Å². The Morgan fingerprint density at radius 1 is 1.31 bits per heavy atom. The Hall–Kier alpha value is -4.03. The molecule has 2 aromatic carbocycles. The van der Waals surface area contributed by atoms with E-state index in [0.717, 1.165) is 4.90 Å². The number of hydrogen-bond donors (Lipinski definition) is 2. The van der Waals surface area contributed by atoms with E-state index in [2.05, 4.69) is 20.5 Å². The number of aromatic amines is 1. The first-order chi connectivity index (χ1) is 17.3. The summed E-state index contributed by atoms with van der Waals surface area (Å²) in [5.74, 6) is -1.22. The fourth-order valence-electron chi connectivity index (χ4n) is 3.39. The molecule has 1 saturated heterocycles. The minimum Gasteiger partial charge on any atom is -0.493 e. The van der Waals surface area contributed by atoms with Gasteiger partial charge >= 0.3 is 0 Å². The van der Waals surface area contributed by atoms with Crippen molar-refractivity contribution in [2.24, 2.45) is 0 Å². The average molecular weight is 531 g/mol. The van der Waals surface area contributed by atoms with Crippen molar-refractivity contribution in [3.63, 3.8) is 0 Å². The van der Waals surface area contributed by atoms with Crippen molar-refractivity contribution in [2.75, 3.05) is 26.0 Å². The molecule has 36 heavy (non-hydrogen) atoms. The highest BCUT2D eigenvalue weighted by Gasteiger charge is 2.37. The third-order valence-corrected chi connectivity index (χ3v) is 5.89. The maximum Gasteiger partial charge on any atom is 0.277 e. The molecule has 1 aliphatic heterocycles. The lowest BCUT2D eigenvalue weighted by molar-refractivity contribution is -0.126. The molecule has 0 spiro atoms. The second-order valence-electron chi connectivity index (χ2n) is 7.57. The summed E-state index contributed by atoms with van der Waals surface area (Å²) >= 11 is 11.2. The van der Waals surface area contributed by atoms with Gasteiger partial charge in [0.25, 0.3) is 5.91 Å². The van der Waals surface area contributed by atoms with Gasteiger partial charge in [-0.25, -0.2) is 9.37 Å². The molecule has 0 saturated carbocycles. The summed E-state index contributed by atoms with van der Waals surface area (Å²) in [7, 11) is 2.96. The van der Waals surface area contributed by atoms with Gasteiger partial charge in [-0.1, -0.05) is 11.6 Å². The molecule has 0 aliphatic carbocycles. The summed E-state index contributed by atoms with van der Waals surface area (Å²) in [6.07, 6.45) is 2.77. The zero-order valence-corrected chi connectivity index (χ0v) is 20.7. The number of ether oxygens (including phenoxy) is 2. The summed E-state index contributed by atoms with van der Waals surface area (Å²) in [5.41, 5.74) is 1.03. The van der Waals surface area contributed by atoms with Crippen LogP contribution < -0.4 is 14.8 Å². The van der Waals surface area contributed by atoms with Crippen LogP contribution in [0.1, 0.15) is 11.4 Å². The van der Waals surface area contributed by atoms with Gasteiger partial charge in [0.1, 0.15) is 25.2 Å². The molecule has 4 rings (SSSR count). The molecule has 3 aromatic rings. The molecule has 10 nitrogen and oxygen atoms in total. The summed E-state index contributed by atoms with van der Waals surface area (Å²) in [4.78, 5) is 32.1. The third kappa shape index (κ3) is 5.44. The molecule has 2 heterocycles. The Morgan fingerprint density at radius 3 is 2.72 bits per heavy atom. The van der Waals surface area contributed by atoms with Crippen molar-refractivity contribution < 1.29 is 23.5 Å². The van der Waals surface area contributed by atoms with Crippen molar-refractivity contribution in [3.05, 3.63) is 70.7 Å². The number of nitrogens with zero attached hydrogens (tertiary/aromatic N) is 4. The van der Waals surface area contributed by atoms with E-state index in [0.29, 0.717) is 22.1 Å². The highest BCUT2D eigenvalue weighted by atomic mass is 35.5. The quantitative estimate of drug-likeness (QED) is 0.337. The topological polar surface area (TPSA) is 113 Å². The molecule has 0 radical (unpaired) electrons. The molecule has 2 N–H and O–H groups in total. The van der Waals surface area contributed by atoms with Gasteiger partial charge in [0.2, 0.25) is 5.91 Å². The van der Waals surface area contributed by atoms with E-state index < -0.39 is 17.6 Å². The molecule has 0 unspecified atom stereocenters. The molecule has 2 amide bonds. The van der Waals surface area contributed by atoms with Crippen molar-refractivity contribution >= 4 is 52.5 Å². The van der Waals surface area contributed by atoms with Crippen LogP contribution in [0, 0.1) is 5.82 Å². The number of nitrogens with one attached hydrogen (secondary N) is 2. The highest BCUT2D eigenvalue weighted by Crippen LogP contribution is 2.34. The minimum atomic E-state index is -0.699. The molecule has 1 fully saturated rings. The van der Waals surface area contributed by atoms with E-state index >= 15 is 0 Å². The van der Waals surface area contributed by atoms with Crippen LogP contribution in [0.2, 0.25) is 5.02 Å². The molecule has 1 aromatic heterocycles. The van der Waals surface area contributed by atoms with Crippen molar-refractivity contribution in [1.29, 1.82) is 0 Å². The van der Waals surface area contributed by atoms with Gasteiger partial charge in [0.05, 0.1) is 7.11 Å². The zero-order chi connectivity index (χ0) is 25.8. The second kappa shape index (κ2) is 10.7. The van der Waals surface area contributed by atoms with Gasteiger partial charge in [-0.05, 0) is 60.3 Å². The van der Waals surface area contributed by atoms with Crippen LogP contribution in [0.4, 0.5) is 10.1 Å². The lowest BCUT2D eigenvalue weighted by atomic mass is 10.1. The van der Waals surface area contributed by atoms with Crippen LogP contribution in [0.3, 0.4) is 0 Å². The maximum atomic E-state index is 14.9. The Bertz CT molecular complexity index is 1330. The lowest BCUT2D eigenvalue weighted by Gasteiger charge is -2.16. The molecule has 13 heteroatoms. The van der Waals surface area contributed by atoms with Crippen LogP contribution in [0.15, 0.2) is 48.4 Å². The number of halogens is 2. The van der Waals surface area contributed by atoms with Crippen LogP contribution in [-0.4, -0.2) is 62.6 Å². The number of H-pyrrole nitrogens is 1. The van der Waals surface area contributed by atoms with Gasteiger partial charge < -0.3 is 19.7 Å². The first-order valence-corrected chi connectivity index (χ1v) is 11.3. The van der Waals surface area contributed by atoms with E-state index in [1.807, 2.05) is 0 Å². The smallest absolute Gasteiger partial charge is 0.277 e. The molecule has 0 bridgehead atoms. The molecular formula is C23H20ClFN6O4S. The van der Waals surface area contributed by atoms with E-state index in [-0.39, 0.29) is 35.5 Å². The van der Waals surface area contributed by atoms with E-state index in [1.54, 1.807) is 31.3 Å². The molecule has 0 atom stereocenters. The first-order valence-electron chi connectivity index (χ1n) is 10.5. The van der Waals surface area contributed by atoms with Gasteiger partial charge in [-0.3, -0.25) is 19.6 Å². The third-order valence-electron chi connectivity index (χ3n) is 5.15. The van der Waals surface area contributed by atoms with Crippen molar-refractivity contribution in [2.45, 2.75) is 6.61 Å². The van der Waals surface area contributed by atoms with Gasteiger partial charge in [0.15, 0.2) is 28.3 Å². The number of hydrogen-bond acceptors (Lipinski definition) is 7. The Balaban J connectivity index is 1.51. The van der Waals surface area contributed by atoms with Crippen molar-refractivity contribution in [1.82, 2.24) is 25.0 Å². The number of carbonyl (C=O) groups is 2. The first kappa shape index (κ1) is 25.1. The minimum absolute atomic E-state index is 0.0454. The van der Waals surface area contributed by atoms with E-state index in [1.165, 1.54) is 36.5 Å². The molecular weight excluding hydrogens is 511 g/mol. The molecule has 186 valence electrons. The predicted octanol–water partition coefficient (Wildman–Crippen LogP) is 3.22. The lowest BCUT2D eigenvalue weighted by Crippen LogP contribution is -2.38. The van der Waals surface area contributed by atoms with Gasteiger partial charge in [-0.15, -0.1) is 0 Å². The maximum absolute atomic E-state index is 14.9. The van der Waals surface area contributed by atoms with E-state index in [4.69, 9.17) is 33.3 Å². The normalized spacial score (nSPS) is 14.5. The number of benzene rings is 2. The summed E-state index contributed by atoms with van der Waals surface area (Å²) in [6, 6.07) is 9.27. The Kier molecular flexibility index (Phi) is 7.46. The Morgan fingerprint density at radius 2 is 2.06 bits per heavy atom. The number of rotatable bonds is 8. The second-order valence-corrected chi connectivity index (χ2v) is 8.37. The fraction of sp³-hybridized carbons (Fsp3) is 0.174. The SMILES string of the molecule is COc1cc(/C=C2/C(=O)N(CC(=O)Nc3ccc(Cl)cc3)C(=S)N2C)cc(F)c1OCc1ncn[nH]1.